The number of anilines is 2. The summed E-state index contributed by atoms with van der Waals surface area (Å²) in [4.78, 5) is 109. The lowest BCUT2D eigenvalue weighted by Gasteiger charge is -2.60. The normalized spacial score (nSPS) is 37.0. The molecule has 2 amide bonds. The first kappa shape index (κ1) is 72.7. The highest BCUT2D eigenvalue weighted by molar-refractivity contribution is 6.27. The summed E-state index contributed by atoms with van der Waals surface area (Å²) in [5.74, 6) is -14.6. The van der Waals surface area contributed by atoms with Crippen molar-refractivity contribution in [3.05, 3.63) is 59.7 Å². The highest BCUT2D eigenvalue weighted by atomic mass is 35.5. The quantitative estimate of drug-likeness (QED) is 0.0410. The van der Waals surface area contributed by atoms with Gasteiger partial charge in [0, 0.05) is 36.8 Å². The van der Waals surface area contributed by atoms with Gasteiger partial charge in [0.2, 0.25) is 0 Å². The van der Waals surface area contributed by atoms with Crippen LogP contribution in [-0.2, 0) is 90.3 Å². The molecular weight excluding hydrogens is 1370 g/mol. The molecule has 4 saturated heterocycles. The van der Waals surface area contributed by atoms with Crippen LogP contribution in [0.1, 0.15) is 85.5 Å². The first-order valence-electron chi connectivity index (χ1n) is 31.3. The van der Waals surface area contributed by atoms with E-state index >= 15 is 4.79 Å². The number of esters is 5. The van der Waals surface area contributed by atoms with Gasteiger partial charge in [-0.1, -0.05) is 27.7 Å². The maximum atomic E-state index is 15.0. The zero-order valence-corrected chi connectivity index (χ0v) is 55.7. The van der Waals surface area contributed by atoms with Gasteiger partial charge in [0.1, 0.15) is 90.0 Å². The van der Waals surface area contributed by atoms with Crippen molar-refractivity contribution in [1.29, 1.82) is 0 Å². The summed E-state index contributed by atoms with van der Waals surface area (Å²) in [6.45, 7) is 7.49. The van der Waals surface area contributed by atoms with Crippen molar-refractivity contribution < 1.29 is 117 Å². The lowest BCUT2D eigenvalue weighted by atomic mass is 9.44. The van der Waals surface area contributed by atoms with Gasteiger partial charge in [-0.3, -0.25) is 39.4 Å². The monoisotopic (exact) mass is 1440 g/mol. The Hall–Kier alpha value is -5.07. The fraction of sp³-hybridized carbons (Fsp3) is 0.683. The van der Waals surface area contributed by atoms with Crippen LogP contribution in [0, 0.1) is 75.5 Å². The Kier molecular flexibility index (Phi) is 23.4. The molecule has 2 aromatic rings. The van der Waals surface area contributed by atoms with Crippen molar-refractivity contribution in [1.82, 2.24) is 0 Å². The zero-order chi connectivity index (χ0) is 68.4. The molecule has 95 heavy (non-hydrogen) atoms. The van der Waals surface area contributed by atoms with Crippen molar-refractivity contribution >= 4 is 117 Å². The molecular formula is C63H73Cl5F4N2O21. The molecule has 32 heteroatoms. The molecule has 524 valence electrons. The zero-order valence-electron chi connectivity index (χ0n) is 51.9. The van der Waals surface area contributed by atoms with Crippen LogP contribution in [0.2, 0.25) is 0 Å². The predicted octanol–water partition coefficient (Wildman–Crippen LogP) is 9.64. The van der Waals surface area contributed by atoms with Crippen molar-refractivity contribution in [3.8, 4) is 0 Å². The largest absolute Gasteiger partial charge is 0.462 e. The standard InChI is InChI=1S/C63H73Cl5F4N2O21/c1-28-11-14-63(85-25-28)29(2)49-41(95-63)18-35-34-8-5-30-15-33(12-13-61(30,3)50(34)40(75)19-62(35,49)4)86-57-55(91-47(79)23-67)53(89-45(77)21-65)51(42(87-57)26-83-44(76)20-64)93-58-56(92-48(80)24-68)54(90-46(78)22-66)52(94-60(82)74-39-10-7-32(70)17-37(39)72)43(88-58)27-84-59(81)73-38-9-6-31(69)16-36(38)71/h6-7,9-10,16-17,28-30,33-35,41-43,49-58H,5,8,11-15,18-27H2,1-4H3,(H,73,81)(H,74,82)/t28-,29+,30+,33+,34+,35+,41?,42-,43-,49?,50-,51-,52-,53+,54+,55-,56-,57-,58+,61+,62+,63-/m1/s1. The second kappa shape index (κ2) is 30.6. The minimum absolute atomic E-state index is 0.0355. The Bertz CT molecular complexity index is 3200. The van der Waals surface area contributed by atoms with E-state index in [2.05, 4.69) is 27.7 Å². The van der Waals surface area contributed by atoms with Gasteiger partial charge in [-0.05, 0) is 110 Å². The fourth-order valence-corrected chi connectivity index (χ4v) is 16.6. The number of amides is 2. The Balaban J connectivity index is 0.954. The molecule has 4 saturated carbocycles. The average molecular weight is 1450 g/mol. The highest BCUT2D eigenvalue weighted by Gasteiger charge is 2.71. The number of rotatable bonds is 20. The number of halogens is 9. The van der Waals surface area contributed by atoms with Crippen LogP contribution in [-0.4, -0.2) is 176 Å². The number of hydrogen-bond donors (Lipinski definition) is 2. The smallest absolute Gasteiger partial charge is 0.412 e. The van der Waals surface area contributed by atoms with Crippen molar-refractivity contribution in [2.75, 3.05) is 59.9 Å². The third-order valence-corrected chi connectivity index (χ3v) is 21.4. The van der Waals surface area contributed by atoms with E-state index in [1.165, 1.54) is 0 Å². The second-order valence-electron chi connectivity index (χ2n) is 26.0. The van der Waals surface area contributed by atoms with Crippen molar-refractivity contribution in [3.63, 3.8) is 0 Å². The van der Waals surface area contributed by atoms with Crippen LogP contribution in [0.15, 0.2) is 36.4 Å². The van der Waals surface area contributed by atoms with Gasteiger partial charge in [0.05, 0.1) is 30.2 Å². The number of nitrogens with one attached hydrogen (secondary N) is 2. The second-order valence-corrected chi connectivity index (χ2v) is 27.3. The van der Waals surface area contributed by atoms with Gasteiger partial charge in [0.25, 0.3) is 0 Å². The third kappa shape index (κ3) is 15.5. The third-order valence-electron chi connectivity index (χ3n) is 20.3. The van der Waals surface area contributed by atoms with E-state index in [4.69, 9.17) is 120 Å². The Morgan fingerprint density at radius 1 is 0.589 bits per heavy atom. The van der Waals surface area contributed by atoms with Gasteiger partial charge in [-0.2, -0.15) is 0 Å². The number of Topliss-reactive ketones (excluding diaryl/α,β-unsaturated/α-hetero) is 1. The van der Waals surface area contributed by atoms with Crippen molar-refractivity contribution in [2.45, 2.75) is 165 Å². The van der Waals surface area contributed by atoms with Crippen LogP contribution in [0.4, 0.5) is 38.5 Å². The summed E-state index contributed by atoms with van der Waals surface area (Å²) in [6, 6.07) is 4.11. The summed E-state index contributed by atoms with van der Waals surface area (Å²) in [5.41, 5.74) is -2.00. The van der Waals surface area contributed by atoms with Crippen LogP contribution < -0.4 is 10.6 Å². The SMILES string of the molecule is C[C@@H]1CC[C@@]2(OC1)OC1C[C@H]3[C@@H]4CC[C@H]5C[C@@H](O[C@@H]6O[C@H](COC(=O)CCl)[C@@H](O[C@@H]7O[C@H](COC(=O)Nc8ccc(F)cc8F)[C@@H](OC(=O)Nc8ccc(F)cc8F)[C@H](OC(=O)CCl)[C@H]7OC(=O)CCl)[C@H](OC(=O)CCl)[C@H]6OC(=O)CCl)CC[C@]5(C)[C@H]4C(=O)C[C@]3(C)C1[C@@H]2C. The molecule has 2 unspecified atom stereocenters. The highest BCUT2D eigenvalue weighted by Crippen LogP contribution is 2.71. The first-order chi connectivity index (χ1) is 45.2. The number of carbonyl (C=O) groups is 8. The maximum Gasteiger partial charge on any atom is 0.412 e. The number of ether oxygens (including phenoxy) is 13. The Labute approximate surface area is 568 Å². The molecule has 0 radical (unpaired) electrons. The van der Waals surface area contributed by atoms with Gasteiger partial charge in [0.15, 0.2) is 48.9 Å². The van der Waals surface area contributed by atoms with E-state index in [9.17, 15) is 51.1 Å². The lowest BCUT2D eigenvalue weighted by molar-refractivity contribution is -0.364. The molecule has 4 aliphatic carbocycles. The summed E-state index contributed by atoms with van der Waals surface area (Å²) in [6.07, 6.45) is -18.4. The van der Waals surface area contributed by atoms with Gasteiger partial charge in [-0.25, -0.2) is 27.2 Å². The molecule has 8 fully saturated rings. The van der Waals surface area contributed by atoms with E-state index in [0.717, 1.165) is 56.4 Å². The molecule has 0 bridgehead atoms. The summed E-state index contributed by atoms with van der Waals surface area (Å²) in [5, 5.41) is 4.08. The Morgan fingerprint density at radius 2 is 1.13 bits per heavy atom. The van der Waals surface area contributed by atoms with Crippen LogP contribution in [0.3, 0.4) is 0 Å². The number of benzene rings is 2. The summed E-state index contributed by atoms with van der Waals surface area (Å²) >= 11 is 29.9. The van der Waals surface area contributed by atoms with E-state index < -0.39 is 198 Å². The molecule has 4 heterocycles. The molecule has 10 rings (SSSR count). The minimum atomic E-state index is -2.31. The van der Waals surface area contributed by atoms with Gasteiger partial charge < -0.3 is 61.6 Å². The van der Waals surface area contributed by atoms with E-state index in [1.54, 1.807) is 0 Å². The number of ketones is 1. The number of carbonyl (C=O) groups excluding carboxylic acids is 8. The van der Waals surface area contributed by atoms with E-state index in [1.807, 2.05) is 10.6 Å². The summed E-state index contributed by atoms with van der Waals surface area (Å²) in [7, 11) is 0. The Morgan fingerprint density at radius 3 is 1.68 bits per heavy atom. The number of hydrogen-bond acceptors (Lipinski definition) is 21. The lowest BCUT2D eigenvalue weighted by Crippen LogP contribution is -2.68. The van der Waals surface area contributed by atoms with Gasteiger partial charge in [-0.15, -0.1) is 58.0 Å². The summed E-state index contributed by atoms with van der Waals surface area (Å²) < 4.78 is 137. The molecule has 8 aliphatic rings. The topological polar surface area (TPSA) is 281 Å². The van der Waals surface area contributed by atoms with Crippen LogP contribution in [0.25, 0.3) is 0 Å². The maximum absolute atomic E-state index is 15.0. The molecule has 4 aliphatic heterocycles. The molecule has 0 aromatic heterocycles. The van der Waals surface area contributed by atoms with Crippen molar-refractivity contribution in [2.24, 2.45) is 52.3 Å². The first-order valence-corrected chi connectivity index (χ1v) is 33.9. The van der Waals surface area contributed by atoms with Crippen LogP contribution >= 0.6 is 58.0 Å². The van der Waals surface area contributed by atoms with Gasteiger partial charge >= 0.3 is 42.0 Å². The number of fused-ring (bicyclic) bond motifs is 7. The number of alkyl halides is 5. The predicted molar refractivity (Wildman–Crippen MR) is 325 cm³/mol. The van der Waals surface area contributed by atoms with E-state index in [-0.39, 0.29) is 52.8 Å². The molecule has 1 spiro atoms. The molecule has 2 aromatic carbocycles. The minimum Gasteiger partial charge on any atom is -0.462 e. The molecule has 2 N–H and O–H groups in total. The molecule has 22 atom stereocenters. The van der Waals surface area contributed by atoms with E-state index in [0.29, 0.717) is 50.3 Å². The van der Waals surface area contributed by atoms with Crippen LogP contribution in [0.5, 0.6) is 0 Å². The fourth-order valence-electron chi connectivity index (χ4n) is 16.3. The molecule has 23 nitrogen and oxygen atoms in total. The average Bonchev–Trinajstić information content (AvgIpc) is 1.57.